The molecule has 3 heterocycles. The molecule has 0 saturated heterocycles. The van der Waals surface area contributed by atoms with E-state index in [1.54, 1.807) is 13.2 Å². The Labute approximate surface area is 103 Å². The highest BCUT2D eigenvalue weighted by Crippen LogP contribution is 2.33. The van der Waals surface area contributed by atoms with Gasteiger partial charge < -0.3 is 9.72 Å². The quantitative estimate of drug-likeness (QED) is 0.633. The van der Waals surface area contributed by atoms with Crippen LogP contribution >= 0.6 is 11.3 Å². The van der Waals surface area contributed by atoms with Gasteiger partial charge in [-0.2, -0.15) is 0 Å². The number of imidazole rings is 1. The van der Waals surface area contributed by atoms with Crippen LogP contribution in [0.25, 0.3) is 21.9 Å². The summed E-state index contributed by atoms with van der Waals surface area (Å²) in [6, 6.07) is 1.81. The largest absolute Gasteiger partial charge is 0.495 e. The van der Waals surface area contributed by atoms with Crippen LogP contribution in [0.5, 0.6) is 5.75 Å². The summed E-state index contributed by atoms with van der Waals surface area (Å²) in [7, 11) is 1.56. The highest BCUT2D eigenvalue weighted by Gasteiger charge is 2.14. The Morgan fingerprint density at radius 1 is 1.28 bits per heavy atom. The maximum Gasteiger partial charge on any atom is 0.327 e. The van der Waals surface area contributed by atoms with Crippen LogP contribution in [0.1, 0.15) is 0 Å². The Morgan fingerprint density at radius 2 is 2.11 bits per heavy atom. The van der Waals surface area contributed by atoms with Crippen molar-refractivity contribution in [1.29, 1.82) is 0 Å². The fourth-order valence-corrected chi connectivity index (χ4v) is 2.47. The number of methoxy groups -OCH3 is 1. The number of aromatic nitrogens is 4. The third-order valence-electron chi connectivity index (χ3n) is 2.45. The summed E-state index contributed by atoms with van der Waals surface area (Å²) in [5.41, 5.74) is -0.610. The number of hydrogen-bond acceptors (Lipinski definition) is 5. The van der Waals surface area contributed by atoms with Crippen molar-refractivity contribution in [3.8, 4) is 16.5 Å². The number of nitrogens with zero attached hydrogens (tertiary/aromatic N) is 1. The molecule has 92 valence electrons. The summed E-state index contributed by atoms with van der Waals surface area (Å²) in [6.07, 6.45) is 0. The predicted octanol–water partition coefficient (Wildman–Crippen LogP) is 0.677. The normalized spacial score (nSPS) is 10.9. The Kier molecular flexibility index (Phi) is 2.30. The van der Waals surface area contributed by atoms with Crippen molar-refractivity contribution in [1.82, 2.24) is 19.9 Å². The number of H-pyrrole nitrogens is 3. The summed E-state index contributed by atoms with van der Waals surface area (Å²) < 4.78 is 5.18. The molecule has 0 bridgehead atoms. The van der Waals surface area contributed by atoms with Gasteiger partial charge >= 0.3 is 5.69 Å². The number of rotatable bonds is 2. The molecule has 0 fully saturated rings. The number of fused-ring (bicyclic) bond motifs is 1. The average Bonchev–Trinajstić information content (AvgIpc) is 2.92. The van der Waals surface area contributed by atoms with Crippen molar-refractivity contribution >= 4 is 22.5 Å². The summed E-state index contributed by atoms with van der Waals surface area (Å²) >= 11 is 1.43. The van der Waals surface area contributed by atoms with Gasteiger partial charge in [-0.15, -0.1) is 11.3 Å². The summed E-state index contributed by atoms with van der Waals surface area (Å²) in [5, 5.41) is 1.86. The van der Waals surface area contributed by atoms with E-state index in [1.165, 1.54) is 11.3 Å². The van der Waals surface area contributed by atoms with E-state index in [0.29, 0.717) is 11.6 Å². The molecular weight excluding hydrogens is 256 g/mol. The first-order valence-corrected chi connectivity index (χ1v) is 5.91. The molecule has 0 amide bonds. The Balaban J connectivity index is 2.29. The van der Waals surface area contributed by atoms with Crippen molar-refractivity contribution in [2.45, 2.75) is 0 Å². The molecule has 3 N–H and O–H groups in total. The Hall–Kier alpha value is -2.35. The first kappa shape index (κ1) is 10.8. The van der Waals surface area contributed by atoms with Gasteiger partial charge in [0, 0.05) is 0 Å². The molecular formula is C10H8N4O3S. The second-order valence-corrected chi connectivity index (χ2v) is 4.45. The zero-order chi connectivity index (χ0) is 12.7. The maximum atomic E-state index is 11.6. The van der Waals surface area contributed by atoms with E-state index in [4.69, 9.17) is 4.74 Å². The van der Waals surface area contributed by atoms with Gasteiger partial charge in [-0.25, -0.2) is 9.78 Å². The predicted molar refractivity (Wildman–Crippen MR) is 67.2 cm³/mol. The lowest BCUT2D eigenvalue weighted by Crippen LogP contribution is -2.21. The first-order valence-electron chi connectivity index (χ1n) is 5.03. The summed E-state index contributed by atoms with van der Waals surface area (Å²) in [4.78, 5) is 35.1. The second-order valence-electron chi connectivity index (χ2n) is 3.54. The Bertz CT molecular complexity index is 825. The third kappa shape index (κ3) is 1.54. The lowest BCUT2D eigenvalue weighted by molar-refractivity contribution is 0.418. The van der Waals surface area contributed by atoms with Gasteiger partial charge in [0.15, 0.2) is 11.5 Å². The van der Waals surface area contributed by atoms with E-state index in [1.807, 2.05) is 5.38 Å². The molecule has 0 aliphatic rings. The van der Waals surface area contributed by atoms with E-state index in [2.05, 4.69) is 19.9 Å². The highest BCUT2D eigenvalue weighted by atomic mass is 32.1. The van der Waals surface area contributed by atoms with Gasteiger partial charge in [-0.05, 0) is 11.4 Å². The standard InChI is InChI=1S/C10H8N4O3S/c1-17-4-2-3-18-6(4)8-11-5-7(12-8)13-10(16)14-9(5)15/h2-3H,1H3,(H3,11,12,13,14,15,16). The molecule has 0 atom stereocenters. The summed E-state index contributed by atoms with van der Waals surface area (Å²) in [5.74, 6) is 1.15. The van der Waals surface area contributed by atoms with Crippen LogP contribution in [0.15, 0.2) is 21.0 Å². The fourth-order valence-electron chi connectivity index (χ4n) is 1.67. The minimum atomic E-state index is -0.580. The van der Waals surface area contributed by atoms with Crippen molar-refractivity contribution in [2.24, 2.45) is 0 Å². The van der Waals surface area contributed by atoms with E-state index < -0.39 is 11.2 Å². The van der Waals surface area contributed by atoms with E-state index in [-0.39, 0.29) is 11.2 Å². The molecule has 0 radical (unpaired) electrons. The average molecular weight is 264 g/mol. The van der Waals surface area contributed by atoms with Crippen LogP contribution < -0.4 is 16.0 Å². The minimum Gasteiger partial charge on any atom is -0.495 e. The van der Waals surface area contributed by atoms with Crippen molar-refractivity contribution in [3.05, 3.63) is 32.3 Å². The Morgan fingerprint density at radius 3 is 2.89 bits per heavy atom. The second kappa shape index (κ2) is 3.84. The molecule has 3 rings (SSSR count). The number of thiophene rings is 1. The number of ether oxygens (including phenoxy) is 1. The van der Waals surface area contributed by atoms with E-state index in [0.717, 1.165) is 4.88 Å². The van der Waals surface area contributed by atoms with Gasteiger partial charge in [-0.3, -0.25) is 14.8 Å². The summed E-state index contributed by atoms with van der Waals surface area (Å²) in [6.45, 7) is 0. The van der Waals surface area contributed by atoms with Crippen LogP contribution in [-0.4, -0.2) is 27.0 Å². The van der Waals surface area contributed by atoms with Crippen molar-refractivity contribution < 1.29 is 4.74 Å². The fraction of sp³-hybridized carbons (Fsp3) is 0.100. The van der Waals surface area contributed by atoms with Gasteiger partial charge in [0.25, 0.3) is 5.56 Å². The highest BCUT2D eigenvalue weighted by molar-refractivity contribution is 7.13. The lowest BCUT2D eigenvalue weighted by atomic mass is 10.4. The molecule has 0 saturated carbocycles. The molecule has 0 aromatic carbocycles. The van der Waals surface area contributed by atoms with Crippen LogP contribution in [0.3, 0.4) is 0 Å². The number of aromatic amines is 3. The van der Waals surface area contributed by atoms with Crippen LogP contribution in [0, 0.1) is 0 Å². The molecule has 7 nitrogen and oxygen atoms in total. The van der Waals surface area contributed by atoms with E-state index >= 15 is 0 Å². The third-order valence-corrected chi connectivity index (χ3v) is 3.36. The molecule has 18 heavy (non-hydrogen) atoms. The minimum absolute atomic E-state index is 0.231. The van der Waals surface area contributed by atoms with E-state index in [9.17, 15) is 9.59 Å². The zero-order valence-electron chi connectivity index (χ0n) is 9.23. The van der Waals surface area contributed by atoms with Crippen LogP contribution in [0.4, 0.5) is 0 Å². The SMILES string of the molecule is COc1ccsc1-c1nc2[nH]c(=O)[nH]c(=O)c2[nH]1. The molecule has 3 aromatic heterocycles. The van der Waals surface area contributed by atoms with Gasteiger partial charge in [0.2, 0.25) is 0 Å². The molecule has 0 aliphatic carbocycles. The number of hydrogen-bond donors (Lipinski definition) is 3. The number of nitrogens with one attached hydrogen (secondary N) is 3. The molecule has 0 unspecified atom stereocenters. The van der Waals surface area contributed by atoms with Gasteiger partial charge in [0.1, 0.15) is 16.1 Å². The maximum absolute atomic E-state index is 11.6. The van der Waals surface area contributed by atoms with Crippen LogP contribution in [-0.2, 0) is 0 Å². The van der Waals surface area contributed by atoms with Crippen molar-refractivity contribution in [3.63, 3.8) is 0 Å². The molecule has 0 aliphatic heterocycles. The topological polar surface area (TPSA) is 104 Å². The van der Waals surface area contributed by atoms with Crippen LogP contribution in [0.2, 0.25) is 0 Å². The monoisotopic (exact) mass is 264 g/mol. The van der Waals surface area contributed by atoms with Gasteiger partial charge in [-0.1, -0.05) is 0 Å². The smallest absolute Gasteiger partial charge is 0.327 e. The molecule has 0 spiro atoms. The first-order chi connectivity index (χ1) is 8.69. The van der Waals surface area contributed by atoms with Gasteiger partial charge in [0.05, 0.1) is 7.11 Å². The zero-order valence-corrected chi connectivity index (χ0v) is 10.1. The lowest BCUT2D eigenvalue weighted by Gasteiger charge is -1.97. The molecule has 8 heteroatoms. The van der Waals surface area contributed by atoms with Crippen molar-refractivity contribution in [2.75, 3.05) is 7.11 Å². The molecule has 3 aromatic rings.